The molecule has 26 heavy (non-hydrogen) atoms. The number of benzene rings is 2. The van der Waals surface area contributed by atoms with Crippen LogP contribution in [0.2, 0.25) is 0 Å². The maximum absolute atomic E-state index is 11.6. The lowest BCUT2D eigenvalue weighted by molar-refractivity contribution is 0.323. The summed E-state index contributed by atoms with van der Waals surface area (Å²) in [6, 6.07) is 13.2. The predicted molar refractivity (Wildman–Crippen MR) is 102 cm³/mol. The van der Waals surface area contributed by atoms with Gasteiger partial charge in [-0.1, -0.05) is 24.3 Å². The van der Waals surface area contributed by atoms with Gasteiger partial charge in [-0.15, -0.1) is 0 Å². The lowest BCUT2D eigenvalue weighted by Gasteiger charge is -2.19. The monoisotopic (exact) mass is 375 g/mol. The van der Waals surface area contributed by atoms with E-state index in [0.29, 0.717) is 10.8 Å². The third kappa shape index (κ3) is 4.02. The van der Waals surface area contributed by atoms with Gasteiger partial charge in [-0.05, 0) is 36.7 Å². The number of rotatable bonds is 6. The van der Waals surface area contributed by atoms with Crippen LogP contribution in [0.15, 0.2) is 47.4 Å². The average Bonchev–Trinajstić information content (AvgIpc) is 3.09. The van der Waals surface area contributed by atoms with Crippen LogP contribution in [0.4, 0.5) is 0 Å². The second-order valence-corrected chi connectivity index (χ2v) is 8.74. The molecule has 140 valence electrons. The zero-order valence-electron chi connectivity index (χ0n) is 15.4. The maximum Gasteiger partial charge on any atom is 0.175 e. The molecule has 2 aromatic rings. The smallest absolute Gasteiger partial charge is 0.175 e. The van der Waals surface area contributed by atoms with Crippen LogP contribution in [0.1, 0.15) is 23.5 Å². The maximum atomic E-state index is 11.6. The summed E-state index contributed by atoms with van der Waals surface area (Å²) in [4.78, 5) is 2.75. The first-order valence-corrected chi connectivity index (χ1v) is 10.5. The lowest BCUT2D eigenvalue weighted by atomic mass is 9.97. The first-order valence-electron chi connectivity index (χ1n) is 8.64. The molecule has 0 aromatic heterocycles. The molecule has 0 radical (unpaired) electrons. The van der Waals surface area contributed by atoms with Gasteiger partial charge in [-0.3, -0.25) is 4.90 Å². The molecule has 6 heteroatoms. The minimum Gasteiger partial charge on any atom is -0.493 e. The summed E-state index contributed by atoms with van der Waals surface area (Å²) in [7, 11) is 0.188. The van der Waals surface area contributed by atoms with E-state index < -0.39 is 9.84 Å². The molecule has 1 aliphatic rings. The Labute approximate surface area is 155 Å². The molecule has 0 spiro atoms. The van der Waals surface area contributed by atoms with Crippen molar-refractivity contribution < 1.29 is 17.9 Å². The van der Waals surface area contributed by atoms with Crippen molar-refractivity contribution in [2.24, 2.45) is 0 Å². The van der Waals surface area contributed by atoms with Crippen LogP contribution in [0.5, 0.6) is 11.5 Å². The quantitative estimate of drug-likeness (QED) is 0.777. The first-order chi connectivity index (χ1) is 12.4. The van der Waals surface area contributed by atoms with E-state index in [-0.39, 0.29) is 0 Å². The number of hydrogen-bond acceptors (Lipinski definition) is 5. The fourth-order valence-electron chi connectivity index (χ4n) is 3.56. The fraction of sp³-hybridized carbons (Fsp3) is 0.400. The van der Waals surface area contributed by atoms with E-state index in [4.69, 9.17) is 9.47 Å². The molecule has 0 bridgehead atoms. The van der Waals surface area contributed by atoms with Crippen molar-refractivity contribution in [3.8, 4) is 11.5 Å². The summed E-state index contributed by atoms with van der Waals surface area (Å²) in [5.74, 6) is 1.98. The van der Waals surface area contributed by atoms with Crippen LogP contribution in [-0.4, -0.2) is 46.9 Å². The summed E-state index contributed by atoms with van der Waals surface area (Å²) >= 11 is 0. The van der Waals surface area contributed by atoms with Crippen LogP contribution in [-0.2, 0) is 16.4 Å². The Balaban J connectivity index is 1.70. The molecular weight excluding hydrogens is 350 g/mol. The minimum absolute atomic E-state index is 0.363. The summed E-state index contributed by atoms with van der Waals surface area (Å²) in [6.07, 6.45) is 2.29. The molecular formula is C20H25NO4S. The van der Waals surface area contributed by atoms with Gasteiger partial charge in [0, 0.05) is 30.8 Å². The SMILES string of the molecule is COc1cccc(C2CCN(Cc3ccc(S(C)(=O)=O)cc3)C2)c1OC. The zero-order chi connectivity index (χ0) is 18.7. The Kier molecular flexibility index (Phi) is 5.53. The Morgan fingerprint density at radius 2 is 1.81 bits per heavy atom. The highest BCUT2D eigenvalue weighted by molar-refractivity contribution is 7.90. The Hall–Kier alpha value is -2.05. The summed E-state index contributed by atoms with van der Waals surface area (Å²) in [6.45, 7) is 2.75. The van der Waals surface area contributed by atoms with Crippen LogP contribution < -0.4 is 9.47 Å². The van der Waals surface area contributed by atoms with Gasteiger partial charge in [0.2, 0.25) is 0 Å². The minimum atomic E-state index is -3.15. The largest absolute Gasteiger partial charge is 0.493 e. The molecule has 1 heterocycles. The van der Waals surface area contributed by atoms with Crippen molar-refractivity contribution in [1.29, 1.82) is 0 Å². The molecule has 0 saturated carbocycles. The van der Waals surface area contributed by atoms with Crippen molar-refractivity contribution in [3.63, 3.8) is 0 Å². The van der Waals surface area contributed by atoms with E-state index in [0.717, 1.165) is 43.1 Å². The molecule has 5 nitrogen and oxygen atoms in total. The van der Waals surface area contributed by atoms with Gasteiger partial charge in [0.25, 0.3) is 0 Å². The van der Waals surface area contributed by atoms with Crippen molar-refractivity contribution in [3.05, 3.63) is 53.6 Å². The van der Waals surface area contributed by atoms with Gasteiger partial charge in [0.1, 0.15) is 0 Å². The second kappa shape index (κ2) is 7.68. The van der Waals surface area contributed by atoms with Gasteiger partial charge in [-0.25, -0.2) is 8.42 Å². The van der Waals surface area contributed by atoms with Gasteiger partial charge in [0.05, 0.1) is 19.1 Å². The fourth-order valence-corrected chi connectivity index (χ4v) is 4.19. The number of hydrogen-bond donors (Lipinski definition) is 0. The topological polar surface area (TPSA) is 55.8 Å². The number of likely N-dealkylation sites (tertiary alicyclic amines) is 1. The summed E-state index contributed by atoms with van der Waals surface area (Å²) < 4.78 is 34.1. The molecule has 1 unspecified atom stereocenters. The van der Waals surface area contributed by atoms with E-state index in [1.807, 2.05) is 24.3 Å². The Morgan fingerprint density at radius 3 is 2.42 bits per heavy atom. The summed E-state index contributed by atoms with van der Waals surface area (Å²) in [5.41, 5.74) is 2.30. The molecule has 1 atom stereocenters. The number of sulfone groups is 1. The molecule has 0 N–H and O–H groups in total. The van der Waals surface area contributed by atoms with Crippen molar-refractivity contribution in [2.75, 3.05) is 33.6 Å². The van der Waals surface area contributed by atoms with Gasteiger partial charge < -0.3 is 9.47 Å². The Morgan fingerprint density at radius 1 is 1.08 bits per heavy atom. The molecule has 0 aliphatic carbocycles. The highest BCUT2D eigenvalue weighted by atomic mass is 32.2. The number of ether oxygens (including phenoxy) is 2. The second-order valence-electron chi connectivity index (χ2n) is 6.72. The van der Waals surface area contributed by atoms with Gasteiger partial charge in [0.15, 0.2) is 21.3 Å². The van der Waals surface area contributed by atoms with Crippen LogP contribution in [0.25, 0.3) is 0 Å². The molecule has 1 saturated heterocycles. The molecule has 0 amide bonds. The van der Waals surface area contributed by atoms with Gasteiger partial charge in [-0.2, -0.15) is 0 Å². The molecule has 1 aliphatic heterocycles. The number of para-hydroxylation sites is 1. The normalized spacial score (nSPS) is 18.0. The zero-order valence-corrected chi connectivity index (χ0v) is 16.3. The van der Waals surface area contributed by atoms with E-state index in [1.165, 1.54) is 11.8 Å². The number of nitrogens with zero attached hydrogens (tertiary/aromatic N) is 1. The Bertz CT molecular complexity index is 862. The highest BCUT2D eigenvalue weighted by Crippen LogP contribution is 2.39. The lowest BCUT2D eigenvalue weighted by Crippen LogP contribution is -2.20. The van der Waals surface area contributed by atoms with E-state index >= 15 is 0 Å². The first kappa shape index (κ1) is 18.7. The highest BCUT2D eigenvalue weighted by Gasteiger charge is 2.27. The van der Waals surface area contributed by atoms with Crippen molar-refractivity contribution >= 4 is 9.84 Å². The summed E-state index contributed by atoms with van der Waals surface area (Å²) in [5, 5.41) is 0. The third-order valence-corrected chi connectivity index (χ3v) is 6.03. The van der Waals surface area contributed by atoms with E-state index in [9.17, 15) is 8.42 Å². The van der Waals surface area contributed by atoms with Crippen LogP contribution >= 0.6 is 0 Å². The standard InChI is InChI=1S/C20H25NO4S/c1-24-19-6-4-5-18(20(19)25-2)16-11-12-21(14-16)13-15-7-9-17(10-8-15)26(3,22)23/h4-10,16H,11-14H2,1-3H3. The van der Waals surface area contributed by atoms with Crippen LogP contribution in [0, 0.1) is 0 Å². The third-order valence-electron chi connectivity index (χ3n) is 4.90. The van der Waals surface area contributed by atoms with Crippen molar-refractivity contribution in [1.82, 2.24) is 4.90 Å². The van der Waals surface area contributed by atoms with Crippen molar-refractivity contribution in [2.45, 2.75) is 23.8 Å². The predicted octanol–water partition coefficient (Wildman–Crippen LogP) is 3.10. The molecule has 3 rings (SSSR count). The van der Waals surface area contributed by atoms with E-state index in [1.54, 1.807) is 26.4 Å². The van der Waals surface area contributed by atoms with Gasteiger partial charge >= 0.3 is 0 Å². The molecule has 2 aromatic carbocycles. The number of methoxy groups -OCH3 is 2. The van der Waals surface area contributed by atoms with E-state index in [2.05, 4.69) is 11.0 Å². The molecule has 1 fully saturated rings. The van der Waals surface area contributed by atoms with Crippen LogP contribution in [0.3, 0.4) is 0 Å². The average molecular weight is 375 g/mol.